The number of hydrogen-bond acceptors (Lipinski definition) is 4. The van der Waals surface area contributed by atoms with Crippen LogP contribution in [0.3, 0.4) is 0 Å². The highest BCUT2D eigenvalue weighted by atomic mass is 15.2. The summed E-state index contributed by atoms with van der Waals surface area (Å²) in [5.41, 5.74) is 7.37. The average molecular weight is 342 g/mol. The Hall–Kier alpha value is -3.01. The maximum absolute atomic E-state index is 8.11. The van der Waals surface area contributed by atoms with Crippen LogP contribution in [0.5, 0.6) is 0 Å². The third kappa shape index (κ3) is 2.77. The fourth-order valence-electron chi connectivity index (χ4n) is 3.72. The molecule has 0 saturated heterocycles. The van der Waals surface area contributed by atoms with Gasteiger partial charge in [-0.25, -0.2) is 9.97 Å². The smallest absolute Gasteiger partial charge is 0.140 e. The third-order valence-electron chi connectivity index (χ3n) is 5.10. The van der Waals surface area contributed by atoms with Crippen LogP contribution in [-0.2, 0) is 13.0 Å². The fraction of sp³-hybridized carbons (Fsp3) is 0.227. The van der Waals surface area contributed by atoms with Crippen molar-refractivity contribution in [1.29, 1.82) is 5.41 Å². The second-order valence-electron chi connectivity index (χ2n) is 6.95. The monoisotopic (exact) mass is 342 g/mol. The first kappa shape index (κ1) is 16.5. The summed E-state index contributed by atoms with van der Waals surface area (Å²) in [6.45, 7) is 9.68. The Kier molecular flexibility index (Phi) is 4.03. The van der Waals surface area contributed by atoms with E-state index in [-0.39, 0.29) is 0 Å². The molecule has 1 aliphatic heterocycles. The highest BCUT2D eigenvalue weighted by molar-refractivity contribution is 6.09. The summed E-state index contributed by atoms with van der Waals surface area (Å²) >= 11 is 0. The Morgan fingerprint density at radius 3 is 2.81 bits per heavy atom. The van der Waals surface area contributed by atoms with Crippen LogP contribution in [0, 0.1) is 19.3 Å². The van der Waals surface area contributed by atoms with Crippen LogP contribution in [-0.4, -0.2) is 22.2 Å². The number of anilines is 1. The van der Waals surface area contributed by atoms with Gasteiger partial charge in [0.15, 0.2) is 0 Å². The zero-order chi connectivity index (χ0) is 18.3. The zero-order valence-corrected chi connectivity index (χ0v) is 15.2. The molecule has 0 unspecified atom stereocenters. The van der Waals surface area contributed by atoms with Crippen molar-refractivity contribution >= 4 is 22.4 Å². The predicted molar refractivity (Wildman–Crippen MR) is 107 cm³/mol. The van der Waals surface area contributed by atoms with E-state index in [0.29, 0.717) is 5.71 Å². The molecule has 0 aliphatic carbocycles. The molecule has 1 aromatic heterocycles. The van der Waals surface area contributed by atoms with Crippen LogP contribution in [0.1, 0.15) is 27.8 Å². The van der Waals surface area contributed by atoms with E-state index in [2.05, 4.69) is 46.6 Å². The fourth-order valence-corrected chi connectivity index (χ4v) is 3.72. The summed E-state index contributed by atoms with van der Waals surface area (Å²) in [4.78, 5) is 11.4. The van der Waals surface area contributed by atoms with Crippen LogP contribution in [0.15, 0.2) is 49.3 Å². The van der Waals surface area contributed by atoms with E-state index in [0.717, 1.165) is 47.4 Å². The minimum Gasteiger partial charge on any atom is -0.351 e. The molecular formula is C22H22N4. The van der Waals surface area contributed by atoms with Crippen LogP contribution in [0.4, 0.5) is 5.82 Å². The van der Waals surface area contributed by atoms with Crippen LogP contribution in [0.25, 0.3) is 10.9 Å². The van der Waals surface area contributed by atoms with Crippen molar-refractivity contribution in [3.8, 4) is 0 Å². The molecule has 0 atom stereocenters. The molecule has 0 amide bonds. The van der Waals surface area contributed by atoms with Crippen molar-refractivity contribution in [3.05, 3.63) is 77.1 Å². The zero-order valence-electron chi connectivity index (χ0n) is 15.2. The molecular weight excluding hydrogens is 320 g/mol. The van der Waals surface area contributed by atoms with Gasteiger partial charge in [-0.2, -0.15) is 0 Å². The van der Waals surface area contributed by atoms with Gasteiger partial charge in [-0.1, -0.05) is 30.3 Å². The van der Waals surface area contributed by atoms with E-state index in [4.69, 9.17) is 5.41 Å². The number of allylic oxidation sites excluding steroid dienone is 1. The molecule has 4 nitrogen and oxygen atoms in total. The van der Waals surface area contributed by atoms with Gasteiger partial charge in [-0.3, -0.25) is 0 Å². The molecule has 2 aromatic carbocycles. The first-order valence-corrected chi connectivity index (χ1v) is 8.87. The molecule has 2 heterocycles. The first-order chi connectivity index (χ1) is 12.6. The Bertz CT molecular complexity index is 1040. The second-order valence-corrected chi connectivity index (χ2v) is 6.95. The van der Waals surface area contributed by atoms with E-state index in [1.54, 1.807) is 12.4 Å². The van der Waals surface area contributed by atoms with Crippen LogP contribution >= 0.6 is 0 Å². The second kappa shape index (κ2) is 6.37. The summed E-state index contributed by atoms with van der Waals surface area (Å²) in [5.74, 6) is 0.948. The number of aryl methyl sites for hydroxylation is 2. The molecule has 130 valence electrons. The van der Waals surface area contributed by atoms with E-state index < -0.39 is 0 Å². The topological polar surface area (TPSA) is 52.9 Å². The third-order valence-corrected chi connectivity index (χ3v) is 5.10. The SMILES string of the molecule is C=CC(=N)c1cc(C)c2ncnc(N3CCc4ccc(C)cc4C3)c2c1. The molecule has 1 aliphatic rings. The van der Waals surface area contributed by atoms with Crippen molar-refractivity contribution < 1.29 is 0 Å². The Balaban J connectivity index is 1.83. The van der Waals surface area contributed by atoms with Gasteiger partial charge in [0.1, 0.15) is 12.1 Å². The lowest BCUT2D eigenvalue weighted by Gasteiger charge is -2.31. The number of benzene rings is 2. The van der Waals surface area contributed by atoms with Gasteiger partial charge in [0.2, 0.25) is 0 Å². The van der Waals surface area contributed by atoms with Crippen molar-refractivity contribution in [2.24, 2.45) is 0 Å². The van der Waals surface area contributed by atoms with Crippen LogP contribution in [0.2, 0.25) is 0 Å². The molecule has 0 fully saturated rings. The summed E-state index contributed by atoms with van der Waals surface area (Å²) < 4.78 is 0. The van der Waals surface area contributed by atoms with Crippen molar-refractivity contribution in [2.75, 3.05) is 11.4 Å². The quantitative estimate of drug-likeness (QED) is 0.719. The number of fused-ring (bicyclic) bond motifs is 2. The summed E-state index contributed by atoms with van der Waals surface area (Å²) in [6, 6.07) is 10.7. The Morgan fingerprint density at radius 1 is 1.15 bits per heavy atom. The molecule has 0 radical (unpaired) electrons. The lowest BCUT2D eigenvalue weighted by atomic mass is 9.97. The summed E-state index contributed by atoms with van der Waals surface area (Å²) in [6.07, 6.45) is 4.24. The van der Waals surface area contributed by atoms with E-state index >= 15 is 0 Å². The Morgan fingerprint density at radius 2 is 2.00 bits per heavy atom. The molecule has 1 N–H and O–H groups in total. The van der Waals surface area contributed by atoms with Crippen LogP contribution < -0.4 is 4.90 Å². The number of nitrogens with one attached hydrogen (secondary N) is 1. The molecule has 0 saturated carbocycles. The molecule has 3 aromatic rings. The van der Waals surface area contributed by atoms with E-state index in [1.807, 2.05) is 19.1 Å². The number of rotatable bonds is 3. The lowest BCUT2D eigenvalue weighted by Crippen LogP contribution is -2.31. The molecule has 0 spiro atoms. The standard InChI is InChI=1S/C22H22N4/c1-4-20(23)17-10-15(3)21-19(11-17)22(25-13-24-21)26-8-7-16-6-5-14(2)9-18(16)12-26/h4-6,9-11,13,23H,1,7-8,12H2,2-3H3. The number of aromatic nitrogens is 2. The molecule has 4 heteroatoms. The van der Waals surface area contributed by atoms with E-state index in [1.165, 1.54) is 16.7 Å². The lowest BCUT2D eigenvalue weighted by molar-refractivity contribution is 0.722. The van der Waals surface area contributed by atoms with Gasteiger partial charge in [0.25, 0.3) is 0 Å². The largest absolute Gasteiger partial charge is 0.351 e. The number of hydrogen-bond donors (Lipinski definition) is 1. The van der Waals surface area contributed by atoms with Crippen molar-refractivity contribution in [3.63, 3.8) is 0 Å². The maximum atomic E-state index is 8.11. The first-order valence-electron chi connectivity index (χ1n) is 8.87. The molecule has 26 heavy (non-hydrogen) atoms. The molecule has 4 rings (SSSR count). The average Bonchev–Trinajstić information content (AvgIpc) is 2.66. The number of nitrogens with zero attached hydrogens (tertiary/aromatic N) is 3. The van der Waals surface area contributed by atoms with Crippen molar-refractivity contribution in [1.82, 2.24) is 9.97 Å². The van der Waals surface area contributed by atoms with Crippen molar-refractivity contribution in [2.45, 2.75) is 26.8 Å². The Labute approximate surface area is 153 Å². The van der Waals surface area contributed by atoms with Gasteiger partial charge in [0, 0.05) is 24.0 Å². The maximum Gasteiger partial charge on any atom is 0.140 e. The highest BCUT2D eigenvalue weighted by Crippen LogP contribution is 2.30. The van der Waals surface area contributed by atoms with Gasteiger partial charge in [-0.15, -0.1) is 0 Å². The van der Waals surface area contributed by atoms with Gasteiger partial charge in [-0.05, 0) is 55.2 Å². The van der Waals surface area contributed by atoms with Gasteiger partial charge in [0.05, 0.1) is 11.2 Å². The molecule has 0 bridgehead atoms. The summed E-state index contributed by atoms with van der Waals surface area (Å²) in [7, 11) is 0. The summed E-state index contributed by atoms with van der Waals surface area (Å²) in [5, 5.41) is 9.12. The van der Waals surface area contributed by atoms with E-state index in [9.17, 15) is 0 Å². The minimum atomic E-state index is 0.421. The minimum absolute atomic E-state index is 0.421. The highest BCUT2D eigenvalue weighted by Gasteiger charge is 2.20. The van der Waals surface area contributed by atoms with Gasteiger partial charge >= 0.3 is 0 Å². The van der Waals surface area contributed by atoms with Gasteiger partial charge < -0.3 is 10.3 Å². The normalized spacial score (nSPS) is 13.5. The predicted octanol–water partition coefficient (Wildman–Crippen LogP) is 4.36.